The summed E-state index contributed by atoms with van der Waals surface area (Å²) in [5.41, 5.74) is 0. The minimum atomic E-state index is -0.0107. The van der Waals surface area contributed by atoms with Crippen molar-refractivity contribution >= 4 is 5.91 Å². The van der Waals surface area contributed by atoms with E-state index in [0.717, 1.165) is 39.1 Å². The SMILES string of the molecule is CCCNC(=O)C(C)N(CC)CC1CCCNC1. The van der Waals surface area contributed by atoms with E-state index in [1.165, 1.54) is 12.8 Å². The fraction of sp³-hybridized carbons (Fsp3) is 0.929. The number of carbonyl (C=O) groups is 1. The Morgan fingerprint density at radius 2 is 2.28 bits per heavy atom. The van der Waals surface area contributed by atoms with Crippen LogP contribution in [0.2, 0.25) is 0 Å². The van der Waals surface area contributed by atoms with Crippen molar-refractivity contribution in [3.05, 3.63) is 0 Å². The van der Waals surface area contributed by atoms with Crippen molar-refractivity contribution in [2.75, 3.05) is 32.7 Å². The minimum Gasteiger partial charge on any atom is -0.355 e. The molecule has 4 heteroatoms. The summed E-state index contributed by atoms with van der Waals surface area (Å²) in [4.78, 5) is 14.3. The van der Waals surface area contributed by atoms with Crippen LogP contribution in [-0.2, 0) is 4.79 Å². The first-order valence-corrected chi connectivity index (χ1v) is 7.41. The zero-order chi connectivity index (χ0) is 13.4. The summed E-state index contributed by atoms with van der Waals surface area (Å²) in [5, 5.41) is 6.43. The molecule has 0 bridgehead atoms. The van der Waals surface area contributed by atoms with Gasteiger partial charge in [-0.1, -0.05) is 13.8 Å². The van der Waals surface area contributed by atoms with Gasteiger partial charge in [0.15, 0.2) is 0 Å². The van der Waals surface area contributed by atoms with Crippen LogP contribution in [0.5, 0.6) is 0 Å². The van der Waals surface area contributed by atoms with Gasteiger partial charge in [-0.2, -0.15) is 0 Å². The lowest BCUT2D eigenvalue weighted by Crippen LogP contribution is -2.48. The van der Waals surface area contributed by atoms with Crippen LogP contribution >= 0.6 is 0 Å². The molecule has 0 aliphatic carbocycles. The Morgan fingerprint density at radius 3 is 2.83 bits per heavy atom. The van der Waals surface area contributed by atoms with Crippen LogP contribution in [0.3, 0.4) is 0 Å². The lowest BCUT2D eigenvalue weighted by Gasteiger charge is -2.32. The maximum Gasteiger partial charge on any atom is 0.237 e. The molecule has 1 rings (SSSR count). The summed E-state index contributed by atoms with van der Waals surface area (Å²) in [5.74, 6) is 0.864. The lowest BCUT2D eigenvalue weighted by molar-refractivity contribution is -0.126. The third-order valence-corrected chi connectivity index (χ3v) is 3.77. The zero-order valence-electron chi connectivity index (χ0n) is 12.2. The van der Waals surface area contributed by atoms with Gasteiger partial charge in [0.25, 0.3) is 0 Å². The summed E-state index contributed by atoms with van der Waals surface area (Å²) in [6.45, 7) is 11.2. The summed E-state index contributed by atoms with van der Waals surface area (Å²) in [7, 11) is 0. The molecular formula is C14H29N3O. The van der Waals surface area contributed by atoms with Crippen molar-refractivity contribution in [2.45, 2.75) is 46.1 Å². The van der Waals surface area contributed by atoms with E-state index in [9.17, 15) is 4.79 Å². The number of likely N-dealkylation sites (N-methyl/N-ethyl adjacent to an activating group) is 1. The monoisotopic (exact) mass is 255 g/mol. The van der Waals surface area contributed by atoms with E-state index in [1.54, 1.807) is 0 Å². The molecule has 0 saturated carbocycles. The van der Waals surface area contributed by atoms with E-state index in [0.29, 0.717) is 5.92 Å². The van der Waals surface area contributed by atoms with Gasteiger partial charge in [0.05, 0.1) is 6.04 Å². The fourth-order valence-electron chi connectivity index (χ4n) is 2.53. The van der Waals surface area contributed by atoms with Gasteiger partial charge in [-0.25, -0.2) is 0 Å². The van der Waals surface area contributed by atoms with Crippen molar-refractivity contribution in [3.8, 4) is 0 Å². The number of nitrogens with zero attached hydrogens (tertiary/aromatic N) is 1. The van der Waals surface area contributed by atoms with E-state index < -0.39 is 0 Å². The van der Waals surface area contributed by atoms with Crippen LogP contribution in [0.4, 0.5) is 0 Å². The second kappa shape index (κ2) is 8.48. The Hall–Kier alpha value is -0.610. The maximum atomic E-state index is 12.0. The normalized spacial score (nSPS) is 21.9. The first kappa shape index (κ1) is 15.4. The molecule has 1 fully saturated rings. The van der Waals surface area contributed by atoms with Gasteiger partial charge >= 0.3 is 0 Å². The van der Waals surface area contributed by atoms with Crippen molar-refractivity contribution in [1.82, 2.24) is 15.5 Å². The minimum absolute atomic E-state index is 0.0107. The van der Waals surface area contributed by atoms with E-state index in [2.05, 4.69) is 29.4 Å². The predicted molar refractivity (Wildman–Crippen MR) is 75.6 cm³/mol. The van der Waals surface area contributed by atoms with Gasteiger partial charge in [-0.3, -0.25) is 9.69 Å². The highest BCUT2D eigenvalue weighted by atomic mass is 16.2. The molecule has 1 saturated heterocycles. The standard InChI is InChI=1S/C14H29N3O/c1-4-8-16-14(18)12(3)17(5-2)11-13-7-6-9-15-10-13/h12-13,15H,4-11H2,1-3H3,(H,16,18). The quantitative estimate of drug-likeness (QED) is 0.719. The Balaban J connectivity index is 2.40. The zero-order valence-corrected chi connectivity index (χ0v) is 12.2. The van der Waals surface area contributed by atoms with Crippen molar-refractivity contribution in [3.63, 3.8) is 0 Å². The van der Waals surface area contributed by atoms with Crippen LogP contribution in [0, 0.1) is 5.92 Å². The molecule has 18 heavy (non-hydrogen) atoms. The molecule has 0 aromatic heterocycles. The Kier molecular flexibility index (Phi) is 7.28. The fourth-order valence-corrected chi connectivity index (χ4v) is 2.53. The van der Waals surface area contributed by atoms with Gasteiger partial charge in [-0.05, 0) is 51.7 Å². The summed E-state index contributed by atoms with van der Waals surface area (Å²) in [6, 6.07) is -0.0107. The lowest BCUT2D eigenvalue weighted by atomic mass is 9.98. The molecule has 0 radical (unpaired) electrons. The van der Waals surface area contributed by atoms with E-state index in [1.807, 2.05) is 6.92 Å². The number of piperidine rings is 1. The third kappa shape index (κ3) is 4.94. The largest absolute Gasteiger partial charge is 0.355 e. The maximum absolute atomic E-state index is 12.0. The predicted octanol–water partition coefficient (Wildman–Crippen LogP) is 1.22. The Labute approximate surface area is 111 Å². The van der Waals surface area contributed by atoms with Crippen LogP contribution in [0.15, 0.2) is 0 Å². The third-order valence-electron chi connectivity index (χ3n) is 3.77. The van der Waals surface area contributed by atoms with Gasteiger partial charge < -0.3 is 10.6 Å². The van der Waals surface area contributed by atoms with Crippen LogP contribution in [0.1, 0.15) is 40.0 Å². The number of hydrogen-bond acceptors (Lipinski definition) is 3. The first-order chi connectivity index (χ1) is 8.69. The average molecular weight is 255 g/mol. The molecule has 1 amide bonds. The smallest absolute Gasteiger partial charge is 0.237 e. The van der Waals surface area contributed by atoms with Gasteiger partial charge in [0.2, 0.25) is 5.91 Å². The second-order valence-electron chi connectivity index (χ2n) is 5.27. The summed E-state index contributed by atoms with van der Waals surface area (Å²) < 4.78 is 0. The van der Waals surface area contributed by atoms with Crippen molar-refractivity contribution in [2.24, 2.45) is 5.92 Å². The van der Waals surface area contributed by atoms with Crippen LogP contribution in [0.25, 0.3) is 0 Å². The molecule has 1 aliphatic rings. The number of nitrogens with one attached hydrogen (secondary N) is 2. The molecule has 1 heterocycles. The summed E-state index contributed by atoms with van der Waals surface area (Å²) in [6.07, 6.45) is 3.54. The second-order valence-corrected chi connectivity index (χ2v) is 5.27. The molecular weight excluding hydrogens is 226 g/mol. The highest BCUT2D eigenvalue weighted by Gasteiger charge is 2.23. The van der Waals surface area contributed by atoms with Crippen molar-refractivity contribution < 1.29 is 4.79 Å². The highest BCUT2D eigenvalue weighted by Crippen LogP contribution is 2.13. The van der Waals surface area contributed by atoms with E-state index >= 15 is 0 Å². The molecule has 2 N–H and O–H groups in total. The van der Waals surface area contributed by atoms with E-state index in [-0.39, 0.29) is 11.9 Å². The molecule has 0 spiro atoms. The molecule has 2 atom stereocenters. The Bertz CT molecular complexity index is 239. The number of carbonyl (C=O) groups excluding carboxylic acids is 1. The number of rotatable bonds is 7. The molecule has 0 aromatic rings. The summed E-state index contributed by atoms with van der Waals surface area (Å²) >= 11 is 0. The first-order valence-electron chi connectivity index (χ1n) is 7.41. The van der Waals surface area contributed by atoms with Crippen LogP contribution < -0.4 is 10.6 Å². The average Bonchev–Trinajstić information content (AvgIpc) is 2.42. The number of hydrogen-bond donors (Lipinski definition) is 2. The molecule has 1 aliphatic heterocycles. The topological polar surface area (TPSA) is 44.4 Å². The van der Waals surface area contributed by atoms with Gasteiger partial charge in [-0.15, -0.1) is 0 Å². The number of amides is 1. The van der Waals surface area contributed by atoms with Crippen molar-refractivity contribution in [1.29, 1.82) is 0 Å². The Morgan fingerprint density at radius 1 is 1.50 bits per heavy atom. The molecule has 2 unspecified atom stereocenters. The van der Waals surface area contributed by atoms with Gasteiger partial charge in [0.1, 0.15) is 0 Å². The molecule has 0 aromatic carbocycles. The van der Waals surface area contributed by atoms with Crippen LogP contribution in [-0.4, -0.2) is 49.6 Å². The molecule has 106 valence electrons. The highest BCUT2D eigenvalue weighted by molar-refractivity contribution is 5.81. The van der Waals surface area contributed by atoms with E-state index in [4.69, 9.17) is 0 Å². The molecule has 4 nitrogen and oxygen atoms in total. The van der Waals surface area contributed by atoms with Gasteiger partial charge in [0, 0.05) is 13.1 Å².